The lowest BCUT2D eigenvalue weighted by atomic mass is 10.2. The van der Waals surface area contributed by atoms with Gasteiger partial charge in [0.05, 0.1) is 38.1 Å². The van der Waals surface area contributed by atoms with Crippen molar-refractivity contribution in [2.75, 3.05) is 14.2 Å². The van der Waals surface area contributed by atoms with Gasteiger partial charge >= 0.3 is 5.97 Å². The number of benzene rings is 1. The summed E-state index contributed by atoms with van der Waals surface area (Å²) >= 11 is 0. The summed E-state index contributed by atoms with van der Waals surface area (Å²) in [6.45, 7) is -0.249. The molecule has 0 aliphatic carbocycles. The molecule has 0 unspecified atom stereocenters. The largest absolute Gasteiger partial charge is 0.495 e. The van der Waals surface area contributed by atoms with Crippen molar-refractivity contribution in [2.24, 2.45) is 7.05 Å². The van der Waals surface area contributed by atoms with Crippen LogP contribution in [0, 0.1) is 0 Å². The first kappa shape index (κ1) is 19.5. The van der Waals surface area contributed by atoms with Crippen LogP contribution in [0.25, 0.3) is 11.4 Å². The van der Waals surface area contributed by atoms with Gasteiger partial charge in [-0.3, -0.25) is 4.68 Å². The molecule has 3 aromatic rings. The third kappa shape index (κ3) is 4.02. The molecular weight excluding hydrogens is 390 g/mol. The standard InChI is InChI=1S/C16H17N5O6S/c1-21-9-11(7-17-21)15-19-14(27-20-15)8-18-28(23,24)13-6-10(16(22)26-3)4-5-12(13)25-2/h4-7,9,18H,8H2,1-3H3. The van der Waals surface area contributed by atoms with Crippen LogP contribution in [0.4, 0.5) is 0 Å². The topological polar surface area (TPSA) is 138 Å². The number of carbonyl (C=O) groups is 1. The highest BCUT2D eigenvalue weighted by Crippen LogP contribution is 2.25. The summed E-state index contributed by atoms with van der Waals surface area (Å²) in [5.74, 6) is -0.253. The van der Waals surface area contributed by atoms with E-state index in [1.807, 2.05) is 0 Å². The second-order valence-corrected chi connectivity index (χ2v) is 7.33. The van der Waals surface area contributed by atoms with E-state index in [2.05, 4.69) is 24.7 Å². The van der Waals surface area contributed by atoms with Crippen LogP contribution in [0.3, 0.4) is 0 Å². The van der Waals surface area contributed by atoms with Crippen molar-refractivity contribution in [3.05, 3.63) is 42.0 Å². The molecule has 2 heterocycles. The fraction of sp³-hybridized carbons (Fsp3) is 0.250. The average molecular weight is 407 g/mol. The summed E-state index contributed by atoms with van der Waals surface area (Å²) in [5.41, 5.74) is 0.702. The van der Waals surface area contributed by atoms with E-state index < -0.39 is 16.0 Å². The van der Waals surface area contributed by atoms with Crippen molar-refractivity contribution >= 4 is 16.0 Å². The fourth-order valence-electron chi connectivity index (χ4n) is 2.35. The minimum atomic E-state index is -4.04. The number of nitrogens with zero attached hydrogens (tertiary/aromatic N) is 4. The molecule has 2 aromatic heterocycles. The Bertz CT molecular complexity index is 1100. The number of hydrogen-bond acceptors (Lipinski definition) is 9. The second-order valence-electron chi connectivity index (χ2n) is 5.60. The normalized spacial score (nSPS) is 11.4. The summed E-state index contributed by atoms with van der Waals surface area (Å²) in [5, 5.41) is 7.80. The van der Waals surface area contributed by atoms with Crippen LogP contribution in [-0.4, -0.2) is 48.5 Å². The molecule has 3 rings (SSSR count). The zero-order chi connectivity index (χ0) is 20.3. The Morgan fingerprint density at radius 3 is 2.75 bits per heavy atom. The quantitative estimate of drug-likeness (QED) is 0.562. The van der Waals surface area contributed by atoms with Crippen molar-refractivity contribution in [1.82, 2.24) is 24.6 Å². The molecule has 0 spiro atoms. The summed E-state index contributed by atoms with van der Waals surface area (Å²) in [7, 11) is 0.227. The number of sulfonamides is 1. The molecule has 1 N–H and O–H groups in total. The van der Waals surface area contributed by atoms with Crippen molar-refractivity contribution in [3.8, 4) is 17.1 Å². The number of carbonyl (C=O) groups excluding carboxylic acids is 1. The van der Waals surface area contributed by atoms with Crippen LogP contribution in [-0.2, 0) is 28.4 Å². The minimum absolute atomic E-state index is 0.0607. The summed E-state index contributed by atoms with van der Waals surface area (Å²) < 4.78 is 44.1. The number of methoxy groups -OCH3 is 2. The molecule has 0 aliphatic heterocycles. The molecule has 0 atom stereocenters. The van der Waals surface area contributed by atoms with Gasteiger partial charge in [-0.2, -0.15) is 10.1 Å². The van der Waals surface area contributed by atoms with Crippen LogP contribution in [0.15, 0.2) is 40.0 Å². The molecule has 0 fully saturated rings. The molecule has 0 saturated heterocycles. The molecule has 0 bridgehead atoms. The molecule has 0 aliphatic rings. The van der Waals surface area contributed by atoms with E-state index in [0.29, 0.717) is 5.56 Å². The van der Waals surface area contributed by atoms with Crippen LogP contribution < -0.4 is 9.46 Å². The zero-order valence-electron chi connectivity index (χ0n) is 15.2. The van der Waals surface area contributed by atoms with Crippen LogP contribution in [0.1, 0.15) is 16.2 Å². The number of ether oxygens (including phenoxy) is 2. The van der Waals surface area contributed by atoms with Crippen molar-refractivity contribution in [3.63, 3.8) is 0 Å². The molecule has 12 heteroatoms. The zero-order valence-corrected chi connectivity index (χ0v) is 16.1. The fourth-order valence-corrected chi connectivity index (χ4v) is 3.51. The second kappa shape index (κ2) is 7.78. The molecule has 148 valence electrons. The van der Waals surface area contributed by atoms with E-state index in [4.69, 9.17) is 9.26 Å². The number of hydrogen-bond donors (Lipinski definition) is 1. The van der Waals surface area contributed by atoms with Gasteiger partial charge in [-0.05, 0) is 18.2 Å². The molecule has 28 heavy (non-hydrogen) atoms. The SMILES string of the molecule is COC(=O)c1ccc(OC)c(S(=O)(=O)NCc2nc(-c3cnn(C)c3)no2)c1. The monoisotopic (exact) mass is 407 g/mol. The maximum atomic E-state index is 12.7. The molecule has 0 amide bonds. The number of aryl methyl sites for hydroxylation is 1. The molecular formula is C16H17N5O6S. The Labute approximate surface area is 160 Å². The highest BCUT2D eigenvalue weighted by Gasteiger charge is 2.23. The molecule has 0 saturated carbocycles. The van der Waals surface area contributed by atoms with Gasteiger partial charge in [0.1, 0.15) is 10.6 Å². The molecule has 11 nitrogen and oxygen atoms in total. The van der Waals surface area contributed by atoms with Gasteiger partial charge in [-0.25, -0.2) is 17.9 Å². The maximum absolute atomic E-state index is 12.7. The lowest BCUT2D eigenvalue weighted by Gasteiger charge is -2.11. The predicted octanol–water partition coefficient (Wildman–Crippen LogP) is 0.744. The Morgan fingerprint density at radius 1 is 1.32 bits per heavy atom. The Hall–Kier alpha value is -3.25. The number of esters is 1. The minimum Gasteiger partial charge on any atom is -0.495 e. The highest BCUT2D eigenvalue weighted by molar-refractivity contribution is 7.89. The van der Waals surface area contributed by atoms with E-state index >= 15 is 0 Å². The first-order chi connectivity index (χ1) is 13.3. The van der Waals surface area contributed by atoms with Gasteiger partial charge in [0.15, 0.2) is 0 Å². The molecule has 1 aromatic carbocycles. The Kier molecular flexibility index (Phi) is 5.42. The highest BCUT2D eigenvalue weighted by atomic mass is 32.2. The van der Waals surface area contributed by atoms with Gasteiger partial charge in [-0.15, -0.1) is 0 Å². The third-order valence-corrected chi connectivity index (χ3v) is 5.14. The summed E-state index contributed by atoms with van der Waals surface area (Å²) in [6, 6.07) is 3.94. The van der Waals surface area contributed by atoms with Gasteiger partial charge in [0.25, 0.3) is 0 Å². The first-order valence-corrected chi connectivity index (χ1v) is 9.40. The summed E-state index contributed by atoms with van der Waals surface area (Å²) in [6.07, 6.45) is 3.25. The van der Waals surface area contributed by atoms with E-state index in [0.717, 1.165) is 0 Å². The van der Waals surface area contributed by atoms with Gasteiger partial charge < -0.3 is 14.0 Å². The average Bonchev–Trinajstić information content (AvgIpc) is 3.34. The smallest absolute Gasteiger partial charge is 0.337 e. The van der Waals surface area contributed by atoms with Gasteiger partial charge in [-0.1, -0.05) is 5.16 Å². The van der Waals surface area contributed by atoms with Crippen molar-refractivity contribution in [2.45, 2.75) is 11.4 Å². The molecule has 0 radical (unpaired) electrons. The van der Waals surface area contributed by atoms with E-state index in [-0.39, 0.29) is 34.5 Å². The third-order valence-electron chi connectivity index (χ3n) is 3.72. The number of nitrogens with one attached hydrogen (secondary N) is 1. The first-order valence-electron chi connectivity index (χ1n) is 7.91. The predicted molar refractivity (Wildman–Crippen MR) is 94.9 cm³/mol. The number of rotatable bonds is 7. The van der Waals surface area contributed by atoms with Gasteiger partial charge in [0.2, 0.25) is 21.7 Å². The van der Waals surface area contributed by atoms with Crippen LogP contribution >= 0.6 is 0 Å². The van der Waals surface area contributed by atoms with Crippen molar-refractivity contribution in [1.29, 1.82) is 0 Å². The lowest BCUT2D eigenvalue weighted by molar-refractivity contribution is 0.0600. The maximum Gasteiger partial charge on any atom is 0.337 e. The summed E-state index contributed by atoms with van der Waals surface area (Å²) in [4.78, 5) is 15.6. The number of aromatic nitrogens is 4. The van der Waals surface area contributed by atoms with Gasteiger partial charge in [0, 0.05) is 13.2 Å². The van der Waals surface area contributed by atoms with E-state index in [1.54, 1.807) is 24.1 Å². The van der Waals surface area contributed by atoms with E-state index in [1.165, 1.54) is 32.4 Å². The van der Waals surface area contributed by atoms with Crippen LogP contribution in [0.5, 0.6) is 5.75 Å². The van der Waals surface area contributed by atoms with E-state index in [9.17, 15) is 13.2 Å². The van der Waals surface area contributed by atoms with Crippen molar-refractivity contribution < 1.29 is 27.2 Å². The lowest BCUT2D eigenvalue weighted by Crippen LogP contribution is -2.24. The Balaban J connectivity index is 1.80. The Morgan fingerprint density at radius 2 is 2.11 bits per heavy atom. The van der Waals surface area contributed by atoms with Crippen LogP contribution in [0.2, 0.25) is 0 Å².